The average Bonchev–Trinajstić information content (AvgIpc) is 2.55. The van der Waals surface area contributed by atoms with E-state index in [1.165, 1.54) is 6.92 Å². The highest BCUT2D eigenvalue weighted by molar-refractivity contribution is 6.32. The third-order valence-electron chi connectivity index (χ3n) is 3.24. The average molecular weight is 347 g/mol. The van der Waals surface area contributed by atoms with Crippen molar-refractivity contribution in [3.05, 3.63) is 53.6 Å². The molecule has 0 unspecified atom stereocenters. The number of rotatable bonds is 6. The summed E-state index contributed by atoms with van der Waals surface area (Å²) in [5.41, 5.74) is 1.29. The quantitative estimate of drug-likeness (QED) is 0.827. The van der Waals surface area contributed by atoms with Crippen molar-refractivity contribution in [3.8, 4) is 5.75 Å². The smallest absolute Gasteiger partial charge is 0.265 e. The van der Waals surface area contributed by atoms with Crippen molar-refractivity contribution < 1.29 is 14.3 Å². The topological polar surface area (TPSA) is 67.4 Å². The summed E-state index contributed by atoms with van der Waals surface area (Å²) < 4.78 is 5.70. The molecule has 2 aromatic rings. The Morgan fingerprint density at radius 3 is 2.17 bits per heavy atom. The van der Waals surface area contributed by atoms with E-state index < -0.39 is 6.10 Å². The number of anilines is 2. The van der Waals surface area contributed by atoms with Gasteiger partial charge in [0, 0.05) is 18.3 Å². The summed E-state index contributed by atoms with van der Waals surface area (Å²) in [6, 6.07) is 13.9. The van der Waals surface area contributed by atoms with E-state index in [9.17, 15) is 9.59 Å². The molecule has 0 aliphatic rings. The van der Waals surface area contributed by atoms with Crippen molar-refractivity contribution in [2.75, 3.05) is 10.6 Å². The van der Waals surface area contributed by atoms with Crippen molar-refractivity contribution in [2.24, 2.45) is 0 Å². The third kappa shape index (κ3) is 4.99. The maximum absolute atomic E-state index is 12.4. The molecule has 0 radical (unpaired) electrons. The number of carbonyl (C=O) groups excluding carboxylic acids is 2. The van der Waals surface area contributed by atoms with Gasteiger partial charge in [-0.2, -0.15) is 0 Å². The predicted octanol–water partition coefficient (Wildman–Crippen LogP) is 4.09. The van der Waals surface area contributed by atoms with Gasteiger partial charge in [-0.15, -0.1) is 0 Å². The Morgan fingerprint density at radius 2 is 1.62 bits per heavy atom. The summed E-state index contributed by atoms with van der Waals surface area (Å²) in [5.74, 6) is 0.0674. The highest BCUT2D eigenvalue weighted by atomic mass is 35.5. The van der Waals surface area contributed by atoms with Gasteiger partial charge in [-0.25, -0.2) is 0 Å². The Bertz CT molecular complexity index is 716. The predicted molar refractivity (Wildman–Crippen MR) is 95.5 cm³/mol. The number of ether oxygens (including phenoxy) is 1. The summed E-state index contributed by atoms with van der Waals surface area (Å²) >= 11 is 6.06. The fourth-order valence-corrected chi connectivity index (χ4v) is 2.26. The van der Waals surface area contributed by atoms with Gasteiger partial charge >= 0.3 is 0 Å². The fraction of sp³-hybridized carbons (Fsp3) is 0.222. The Morgan fingerprint density at radius 1 is 1.04 bits per heavy atom. The highest BCUT2D eigenvalue weighted by Gasteiger charge is 2.19. The van der Waals surface area contributed by atoms with Gasteiger partial charge in [0.05, 0.1) is 5.02 Å². The van der Waals surface area contributed by atoms with Crippen LogP contribution < -0.4 is 15.4 Å². The van der Waals surface area contributed by atoms with E-state index in [0.717, 1.165) is 0 Å². The summed E-state index contributed by atoms with van der Waals surface area (Å²) in [6.07, 6.45) is -0.152. The Labute approximate surface area is 146 Å². The van der Waals surface area contributed by atoms with Crippen LogP contribution in [-0.2, 0) is 9.59 Å². The second-order valence-electron chi connectivity index (χ2n) is 5.19. The molecule has 2 aromatic carbocycles. The minimum absolute atomic E-state index is 0.147. The fourth-order valence-electron chi connectivity index (χ4n) is 2.08. The first-order valence-electron chi connectivity index (χ1n) is 7.59. The number of hydrogen-bond acceptors (Lipinski definition) is 3. The highest BCUT2D eigenvalue weighted by Crippen LogP contribution is 2.25. The summed E-state index contributed by atoms with van der Waals surface area (Å²) in [4.78, 5) is 23.4. The van der Waals surface area contributed by atoms with Crippen LogP contribution in [0.5, 0.6) is 5.75 Å². The molecule has 24 heavy (non-hydrogen) atoms. The van der Waals surface area contributed by atoms with Crippen LogP contribution in [-0.4, -0.2) is 17.9 Å². The van der Waals surface area contributed by atoms with Crippen LogP contribution in [0, 0.1) is 0 Å². The lowest BCUT2D eigenvalue weighted by molar-refractivity contribution is -0.122. The zero-order valence-corrected chi connectivity index (χ0v) is 14.3. The van der Waals surface area contributed by atoms with Gasteiger partial charge in [-0.3, -0.25) is 9.59 Å². The van der Waals surface area contributed by atoms with Gasteiger partial charge in [-0.1, -0.05) is 30.7 Å². The molecule has 2 N–H and O–H groups in total. The molecule has 0 aliphatic heterocycles. The summed E-state index contributed by atoms with van der Waals surface area (Å²) in [6.45, 7) is 3.30. The van der Waals surface area contributed by atoms with Gasteiger partial charge in [0.1, 0.15) is 5.75 Å². The number of amides is 2. The first-order chi connectivity index (χ1) is 11.5. The van der Waals surface area contributed by atoms with E-state index in [0.29, 0.717) is 28.6 Å². The largest absolute Gasteiger partial charge is 0.479 e. The molecule has 0 aliphatic carbocycles. The minimum Gasteiger partial charge on any atom is -0.479 e. The molecule has 1 atom stereocenters. The molecule has 0 aromatic heterocycles. The lowest BCUT2D eigenvalue weighted by Crippen LogP contribution is -2.32. The Kier molecular flexibility index (Phi) is 6.21. The van der Waals surface area contributed by atoms with Crippen LogP contribution in [0.4, 0.5) is 11.4 Å². The number of hydrogen-bond donors (Lipinski definition) is 2. The second-order valence-corrected chi connectivity index (χ2v) is 5.60. The van der Waals surface area contributed by atoms with Gasteiger partial charge in [0.15, 0.2) is 6.10 Å². The molecule has 0 fully saturated rings. The zero-order valence-electron chi connectivity index (χ0n) is 13.5. The summed E-state index contributed by atoms with van der Waals surface area (Å²) in [7, 11) is 0. The van der Waals surface area contributed by atoms with Crippen LogP contribution in [0.3, 0.4) is 0 Å². The third-order valence-corrected chi connectivity index (χ3v) is 3.55. The molecule has 0 heterocycles. The SMILES string of the molecule is CC[C@H](Oc1ccccc1Cl)C(=O)Nc1ccc(NC(C)=O)cc1. The van der Waals surface area contributed by atoms with Crippen LogP contribution >= 0.6 is 11.6 Å². The van der Waals surface area contributed by atoms with Crippen molar-refractivity contribution in [1.29, 1.82) is 0 Å². The zero-order chi connectivity index (χ0) is 17.5. The Balaban J connectivity index is 2.01. The second kappa shape index (κ2) is 8.36. The molecule has 5 nitrogen and oxygen atoms in total. The number of nitrogens with one attached hydrogen (secondary N) is 2. The first-order valence-corrected chi connectivity index (χ1v) is 7.97. The summed E-state index contributed by atoms with van der Waals surface area (Å²) in [5, 5.41) is 5.92. The van der Waals surface area contributed by atoms with Crippen molar-refractivity contribution >= 4 is 34.8 Å². The molecular weight excluding hydrogens is 328 g/mol. The van der Waals surface area contributed by atoms with Gasteiger partial charge < -0.3 is 15.4 Å². The standard InChI is InChI=1S/C18H19ClN2O3/c1-3-16(24-17-7-5-4-6-15(17)19)18(23)21-14-10-8-13(9-11-14)20-12(2)22/h4-11,16H,3H2,1-2H3,(H,20,22)(H,21,23)/t16-/m0/s1. The van der Waals surface area contributed by atoms with E-state index in [4.69, 9.17) is 16.3 Å². The maximum atomic E-state index is 12.4. The number of benzene rings is 2. The van der Waals surface area contributed by atoms with E-state index in [1.807, 2.05) is 6.92 Å². The van der Waals surface area contributed by atoms with Crippen molar-refractivity contribution in [2.45, 2.75) is 26.4 Å². The monoisotopic (exact) mass is 346 g/mol. The molecule has 0 saturated carbocycles. The molecule has 2 amide bonds. The van der Waals surface area contributed by atoms with Crippen LogP contribution in [0.15, 0.2) is 48.5 Å². The Hall–Kier alpha value is -2.53. The first kappa shape index (κ1) is 17.8. The van der Waals surface area contributed by atoms with Gasteiger partial charge in [0.2, 0.25) is 5.91 Å². The van der Waals surface area contributed by atoms with Crippen LogP contribution in [0.2, 0.25) is 5.02 Å². The molecule has 2 rings (SSSR count). The number of para-hydroxylation sites is 1. The molecule has 0 saturated heterocycles. The number of carbonyl (C=O) groups is 2. The van der Waals surface area contributed by atoms with Gasteiger partial charge in [0.25, 0.3) is 5.91 Å². The molecule has 6 heteroatoms. The molecular formula is C18H19ClN2O3. The van der Waals surface area contributed by atoms with E-state index >= 15 is 0 Å². The van der Waals surface area contributed by atoms with E-state index in [2.05, 4.69) is 10.6 Å². The van der Waals surface area contributed by atoms with Crippen molar-refractivity contribution in [1.82, 2.24) is 0 Å². The van der Waals surface area contributed by atoms with Crippen molar-refractivity contribution in [3.63, 3.8) is 0 Å². The minimum atomic E-state index is -0.653. The number of halogens is 1. The normalized spacial score (nSPS) is 11.5. The lowest BCUT2D eigenvalue weighted by Gasteiger charge is -2.18. The molecule has 126 valence electrons. The molecule has 0 bridgehead atoms. The van der Waals surface area contributed by atoms with E-state index in [-0.39, 0.29) is 11.8 Å². The van der Waals surface area contributed by atoms with E-state index in [1.54, 1.807) is 48.5 Å². The van der Waals surface area contributed by atoms with Crippen LogP contribution in [0.1, 0.15) is 20.3 Å². The maximum Gasteiger partial charge on any atom is 0.265 e. The molecule has 0 spiro atoms. The van der Waals surface area contributed by atoms with Gasteiger partial charge in [-0.05, 0) is 42.8 Å². The lowest BCUT2D eigenvalue weighted by atomic mass is 10.2. The van der Waals surface area contributed by atoms with Crippen LogP contribution in [0.25, 0.3) is 0 Å².